The minimum Gasteiger partial charge on any atom is -0.460 e. The fraction of sp³-hybridized carbons (Fsp3) is 0.769. The van der Waals surface area contributed by atoms with Crippen LogP contribution in [0.2, 0.25) is 0 Å². The van der Waals surface area contributed by atoms with Gasteiger partial charge in [-0.15, -0.1) is 0 Å². The Morgan fingerprint density at radius 2 is 1.74 bits per heavy atom. The van der Waals surface area contributed by atoms with E-state index in [2.05, 4.69) is 52.9 Å². The molecule has 0 aromatic carbocycles. The highest BCUT2D eigenvalue weighted by Gasteiger charge is 2.15. The maximum absolute atomic E-state index is 5.77. The van der Waals surface area contributed by atoms with Crippen LogP contribution in [0.5, 0.6) is 6.01 Å². The van der Waals surface area contributed by atoms with Crippen LogP contribution in [0, 0.1) is 5.92 Å². The van der Waals surface area contributed by atoms with Crippen molar-refractivity contribution in [3.63, 3.8) is 0 Å². The molecule has 1 N–H and O–H groups in total. The number of hydrogen-bond acceptors (Lipinski definition) is 6. The summed E-state index contributed by atoms with van der Waals surface area (Å²) in [6.07, 6.45) is 0.0664. The average molecular weight is 267 g/mol. The Kier molecular flexibility index (Phi) is 5.79. The quantitative estimate of drug-likeness (QED) is 0.817. The van der Waals surface area contributed by atoms with Crippen LogP contribution < -0.4 is 15.0 Å². The number of nitrogens with zero attached hydrogens (tertiary/aromatic N) is 4. The SMILES string of the molecule is CCN(CC)c1nc(NC)nc(OC(C)C(C)C)n1. The molecule has 1 heterocycles. The van der Waals surface area contributed by atoms with Crippen LogP contribution in [0.25, 0.3) is 0 Å². The zero-order valence-electron chi connectivity index (χ0n) is 12.8. The van der Waals surface area contributed by atoms with E-state index in [1.54, 1.807) is 7.05 Å². The van der Waals surface area contributed by atoms with Crippen LogP contribution in [0.4, 0.5) is 11.9 Å². The van der Waals surface area contributed by atoms with Gasteiger partial charge in [0.05, 0.1) is 0 Å². The van der Waals surface area contributed by atoms with E-state index in [0.717, 1.165) is 13.1 Å². The molecule has 108 valence electrons. The highest BCUT2D eigenvalue weighted by atomic mass is 16.5. The van der Waals surface area contributed by atoms with Crippen LogP contribution in [0.1, 0.15) is 34.6 Å². The summed E-state index contributed by atoms with van der Waals surface area (Å²) in [6.45, 7) is 12.1. The van der Waals surface area contributed by atoms with Crippen molar-refractivity contribution >= 4 is 11.9 Å². The molecule has 19 heavy (non-hydrogen) atoms. The molecular weight excluding hydrogens is 242 g/mol. The normalized spacial score (nSPS) is 12.4. The zero-order valence-corrected chi connectivity index (χ0v) is 12.8. The van der Waals surface area contributed by atoms with Crippen LogP contribution in [0.15, 0.2) is 0 Å². The molecule has 0 aliphatic carbocycles. The molecule has 1 unspecified atom stereocenters. The molecule has 1 aromatic rings. The Labute approximate surface area is 115 Å². The van der Waals surface area contributed by atoms with Crippen molar-refractivity contribution < 1.29 is 4.74 Å². The van der Waals surface area contributed by atoms with E-state index in [-0.39, 0.29) is 6.10 Å². The number of ether oxygens (including phenoxy) is 1. The maximum atomic E-state index is 5.77. The molecule has 0 bridgehead atoms. The zero-order chi connectivity index (χ0) is 14.4. The van der Waals surface area contributed by atoms with Crippen molar-refractivity contribution in [2.45, 2.75) is 40.7 Å². The minimum atomic E-state index is 0.0664. The van der Waals surface area contributed by atoms with E-state index in [9.17, 15) is 0 Å². The first kappa shape index (κ1) is 15.5. The summed E-state index contributed by atoms with van der Waals surface area (Å²) in [6, 6.07) is 0.377. The lowest BCUT2D eigenvalue weighted by Crippen LogP contribution is -2.26. The Hall–Kier alpha value is -1.59. The third-order valence-corrected chi connectivity index (χ3v) is 3.10. The van der Waals surface area contributed by atoms with Gasteiger partial charge in [0.1, 0.15) is 6.10 Å². The summed E-state index contributed by atoms with van der Waals surface area (Å²) < 4.78 is 5.77. The highest BCUT2D eigenvalue weighted by molar-refractivity contribution is 5.37. The molecule has 0 saturated carbocycles. The van der Waals surface area contributed by atoms with E-state index in [4.69, 9.17) is 4.74 Å². The summed E-state index contributed by atoms with van der Waals surface area (Å²) in [4.78, 5) is 15.1. The van der Waals surface area contributed by atoms with Crippen LogP contribution >= 0.6 is 0 Å². The molecule has 0 fully saturated rings. The van der Waals surface area contributed by atoms with Gasteiger partial charge >= 0.3 is 6.01 Å². The Morgan fingerprint density at radius 1 is 1.11 bits per heavy atom. The third-order valence-electron chi connectivity index (χ3n) is 3.10. The first-order chi connectivity index (χ1) is 9.01. The monoisotopic (exact) mass is 267 g/mol. The van der Waals surface area contributed by atoms with Crippen molar-refractivity contribution in [3.8, 4) is 6.01 Å². The molecule has 6 heteroatoms. The van der Waals surface area contributed by atoms with Crippen LogP contribution in [-0.2, 0) is 0 Å². The predicted molar refractivity (Wildman–Crippen MR) is 77.9 cm³/mol. The van der Waals surface area contributed by atoms with E-state index in [1.807, 2.05) is 6.92 Å². The summed E-state index contributed by atoms with van der Waals surface area (Å²) in [5.41, 5.74) is 0. The first-order valence-corrected chi connectivity index (χ1v) is 6.87. The van der Waals surface area contributed by atoms with Crippen LogP contribution in [0.3, 0.4) is 0 Å². The molecule has 6 nitrogen and oxygen atoms in total. The molecule has 0 aliphatic heterocycles. The molecule has 0 saturated heterocycles. The molecule has 1 atom stereocenters. The Morgan fingerprint density at radius 3 is 2.21 bits per heavy atom. The largest absolute Gasteiger partial charge is 0.460 e. The Balaban J connectivity index is 3.01. The van der Waals surface area contributed by atoms with Gasteiger partial charge in [-0.1, -0.05) is 13.8 Å². The Bertz CT molecular complexity index is 393. The molecule has 0 radical (unpaired) electrons. The summed E-state index contributed by atoms with van der Waals surface area (Å²) in [5.74, 6) is 1.59. The molecule has 0 aliphatic rings. The van der Waals surface area contributed by atoms with Crippen LogP contribution in [-0.4, -0.2) is 41.2 Å². The highest BCUT2D eigenvalue weighted by Crippen LogP contribution is 2.17. The third kappa shape index (κ3) is 4.22. The molecule has 1 aromatic heterocycles. The van der Waals surface area contributed by atoms with Crippen molar-refractivity contribution in [1.29, 1.82) is 0 Å². The lowest BCUT2D eigenvalue weighted by atomic mass is 10.1. The second-order valence-electron chi connectivity index (χ2n) is 4.73. The van der Waals surface area contributed by atoms with Gasteiger partial charge < -0.3 is 15.0 Å². The van der Waals surface area contributed by atoms with Crippen molar-refractivity contribution in [1.82, 2.24) is 15.0 Å². The molecule has 1 rings (SSSR count). The van der Waals surface area contributed by atoms with Gasteiger partial charge in [0, 0.05) is 20.1 Å². The van der Waals surface area contributed by atoms with E-state index >= 15 is 0 Å². The molecular formula is C13H25N5O. The standard InChI is InChI=1S/C13H25N5O/c1-7-18(8-2)12-15-11(14-6)16-13(17-12)19-10(5)9(3)4/h9-10H,7-8H2,1-6H3,(H,14,15,16,17). The first-order valence-electron chi connectivity index (χ1n) is 6.87. The van der Waals surface area contributed by atoms with Gasteiger partial charge in [-0.3, -0.25) is 0 Å². The number of nitrogens with one attached hydrogen (secondary N) is 1. The number of rotatable bonds is 7. The number of aromatic nitrogens is 3. The fourth-order valence-corrected chi connectivity index (χ4v) is 1.46. The smallest absolute Gasteiger partial charge is 0.323 e. The van der Waals surface area contributed by atoms with Gasteiger partial charge in [0.2, 0.25) is 11.9 Å². The van der Waals surface area contributed by atoms with Gasteiger partial charge in [-0.2, -0.15) is 15.0 Å². The average Bonchev–Trinajstić information content (AvgIpc) is 2.39. The fourth-order valence-electron chi connectivity index (χ4n) is 1.46. The number of hydrogen-bond donors (Lipinski definition) is 1. The van der Waals surface area contributed by atoms with Crippen molar-refractivity contribution in [3.05, 3.63) is 0 Å². The molecule has 0 spiro atoms. The number of anilines is 2. The van der Waals surface area contributed by atoms with Crippen molar-refractivity contribution in [2.75, 3.05) is 30.4 Å². The summed E-state index contributed by atoms with van der Waals surface area (Å²) in [5, 5.41) is 2.94. The van der Waals surface area contributed by atoms with E-state index in [1.165, 1.54) is 0 Å². The second-order valence-corrected chi connectivity index (χ2v) is 4.73. The lowest BCUT2D eigenvalue weighted by Gasteiger charge is -2.21. The second kappa shape index (κ2) is 7.11. The van der Waals surface area contributed by atoms with Gasteiger partial charge in [-0.25, -0.2) is 0 Å². The molecule has 0 amide bonds. The maximum Gasteiger partial charge on any atom is 0.323 e. The topological polar surface area (TPSA) is 63.2 Å². The lowest BCUT2D eigenvalue weighted by molar-refractivity contribution is 0.156. The van der Waals surface area contributed by atoms with Gasteiger partial charge in [0.25, 0.3) is 0 Å². The predicted octanol–water partition coefficient (Wildman–Crippen LogP) is 2.18. The van der Waals surface area contributed by atoms with E-state index in [0.29, 0.717) is 23.8 Å². The van der Waals surface area contributed by atoms with Gasteiger partial charge in [0.15, 0.2) is 0 Å². The summed E-state index contributed by atoms with van der Waals surface area (Å²) >= 11 is 0. The minimum absolute atomic E-state index is 0.0664. The van der Waals surface area contributed by atoms with E-state index < -0.39 is 0 Å². The summed E-state index contributed by atoms with van der Waals surface area (Å²) in [7, 11) is 1.79. The van der Waals surface area contributed by atoms with Crippen molar-refractivity contribution in [2.24, 2.45) is 5.92 Å². The van der Waals surface area contributed by atoms with Gasteiger partial charge in [-0.05, 0) is 26.7 Å².